The Kier molecular flexibility index (Phi) is 4.50. The average molecular weight is 151 g/mol. The Balaban J connectivity index is 3.46. The minimum atomic E-state index is -0.468. The maximum Gasteiger partial charge on any atom is 0.324 e. The molecule has 9 heavy (non-hydrogen) atoms. The molecule has 0 amide bonds. The van der Waals surface area contributed by atoms with Gasteiger partial charge < -0.3 is 4.74 Å². The Morgan fingerprint density at radius 2 is 2.22 bits per heavy atom. The van der Waals surface area contributed by atoms with E-state index in [1.807, 2.05) is 6.92 Å². The van der Waals surface area contributed by atoms with Gasteiger partial charge in [0.25, 0.3) is 0 Å². The fourth-order valence-electron chi connectivity index (χ4n) is 0.399. The number of esters is 1. The Morgan fingerprint density at radius 1 is 1.67 bits per heavy atom. The Labute approximate surface area is 60.1 Å². The summed E-state index contributed by atoms with van der Waals surface area (Å²) >= 11 is 5.52. The van der Waals surface area contributed by atoms with Crippen LogP contribution in [0.2, 0.25) is 0 Å². The summed E-state index contributed by atoms with van der Waals surface area (Å²) in [5, 5.41) is -0.468. The SMILES string of the molecule is CCOC(=O)C(Cl)CC. The molecule has 0 aromatic rings. The summed E-state index contributed by atoms with van der Waals surface area (Å²) in [6.45, 7) is 4.01. The molecule has 0 aliphatic carbocycles. The van der Waals surface area contributed by atoms with E-state index in [1.165, 1.54) is 0 Å². The molecule has 0 spiro atoms. The summed E-state index contributed by atoms with van der Waals surface area (Å²) in [4.78, 5) is 10.6. The zero-order chi connectivity index (χ0) is 7.28. The van der Waals surface area contributed by atoms with Crippen molar-refractivity contribution in [1.82, 2.24) is 0 Å². The van der Waals surface area contributed by atoms with Gasteiger partial charge in [0.15, 0.2) is 0 Å². The van der Waals surface area contributed by atoms with E-state index in [-0.39, 0.29) is 5.97 Å². The van der Waals surface area contributed by atoms with Gasteiger partial charge in [-0.15, -0.1) is 11.6 Å². The van der Waals surface area contributed by atoms with Crippen LogP contribution in [0, 0.1) is 0 Å². The van der Waals surface area contributed by atoms with E-state index in [0.717, 1.165) is 0 Å². The van der Waals surface area contributed by atoms with Gasteiger partial charge in [-0.05, 0) is 13.3 Å². The fourth-order valence-corrected chi connectivity index (χ4v) is 0.462. The van der Waals surface area contributed by atoms with Crippen molar-refractivity contribution in [3.63, 3.8) is 0 Å². The molecule has 0 bridgehead atoms. The number of alkyl halides is 1. The number of carbonyl (C=O) groups excluding carboxylic acids is 1. The Hall–Kier alpha value is -0.240. The quantitative estimate of drug-likeness (QED) is 0.451. The van der Waals surface area contributed by atoms with Gasteiger partial charge in [-0.25, -0.2) is 0 Å². The summed E-state index contributed by atoms with van der Waals surface area (Å²) in [5.41, 5.74) is 0. The molecule has 54 valence electrons. The molecule has 0 saturated heterocycles. The van der Waals surface area contributed by atoms with Crippen molar-refractivity contribution in [2.75, 3.05) is 6.61 Å². The minimum absolute atomic E-state index is 0.318. The number of rotatable bonds is 3. The summed E-state index contributed by atoms with van der Waals surface area (Å²) in [7, 11) is 0. The van der Waals surface area contributed by atoms with Gasteiger partial charge in [0.2, 0.25) is 0 Å². The standard InChI is InChI=1S/C6H11ClO2/c1-3-5(7)6(8)9-4-2/h5H,3-4H2,1-2H3. The number of carbonyl (C=O) groups is 1. The summed E-state index contributed by atoms with van der Waals surface area (Å²) < 4.78 is 4.62. The predicted molar refractivity (Wildman–Crippen MR) is 36.6 cm³/mol. The van der Waals surface area contributed by atoms with Crippen LogP contribution in [0.1, 0.15) is 20.3 Å². The lowest BCUT2D eigenvalue weighted by Gasteiger charge is -2.03. The maximum atomic E-state index is 10.6. The molecular formula is C6H11ClO2. The van der Waals surface area contributed by atoms with E-state index in [1.54, 1.807) is 6.92 Å². The molecule has 0 radical (unpaired) electrons. The topological polar surface area (TPSA) is 26.3 Å². The monoisotopic (exact) mass is 150 g/mol. The van der Waals surface area contributed by atoms with Crippen LogP contribution in [0.15, 0.2) is 0 Å². The molecule has 0 aromatic heterocycles. The van der Waals surface area contributed by atoms with Crippen LogP contribution in [-0.2, 0) is 9.53 Å². The smallest absolute Gasteiger partial charge is 0.324 e. The van der Waals surface area contributed by atoms with Crippen LogP contribution in [0.25, 0.3) is 0 Å². The number of hydrogen-bond acceptors (Lipinski definition) is 2. The minimum Gasteiger partial charge on any atom is -0.465 e. The average Bonchev–Trinajstić information content (AvgIpc) is 1.87. The second-order valence-corrected chi connectivity index (χ2v) is 2.15. The van der Waals surface area contributed by atoms with E-state index in [4.69, 9.17) is 11.6 Å². The Morgan fingerprint density at radius 3 is 2.56 bits per heavy atom. The van der Waals surface area contributed by atoms with Gasteiger partial charge >= 0.3 is 5.97 Å². The molecule has 2 nitrogen and oxygen atoms in total. The normalized spacial score (nSPS) is 12.8. The van der Waals surface area contributed by atoms with Gasteiger partial charge in [0.05, 0.1) is 6.61 Å². The van der Waals surface area contributed by atoms with Gasteiger partial charge in [-0.2, -0.15) is 0 Å². The lowest BCUT2D eigenvalue weighted by Crippen LogP contribution is -2.16. The van der Waals surface area contributed by atoms with Crippen molar-refractivity contribution in [2.45, 2.75) is 25.6 Å². The summed E-state index contributed by atoms with van der Waals surface area (Å²) in [6, 6.07) is 0. The third kappa shape index (κ3) is 3.36. The number of ether oxygens (including phenoxy) is 1. The van der Waals surface area contributed by atoms with E-state index in [2.05, 4.69) is 4.74 Å². The lowest BCUT2D eigenvalue weighted by atomic mass is 10.3. The largest absolute Gasteiger partial charge is 0.465 e. The highest BCUT2D eigenvalue weighted by Crippen LogP contribution is 2.02. The molecule has 1 atom stereocenters. The molecule has 0 saturated carbocycles. The van der Waals surface area contributed by atoms with E-state index in [0.29, 0.717) is 13.0 Å². The molecule has 0 rings (SSSR count). The molecule has 3 heteroatoms. The van der Waals surface area contributed by atoms with Crippen LogP contribution >= 0.6 is 11.6 Å². The second kappa shape index (κ2) is 4.62. The first-order valence-electron chi connectivity index (χ1n) is 3.03. The molecule has 0 aliphatic rings. The molecule has 0 fully saturated rings. The highest BCUT2D eigenvalue weighted by molar-refractivity contribution is 6.29. The van der Waals surface area contributed by atoms with Crippen molar-refractivity contribution < 1.29 is 9.53 Å². The van der Waals surface area contributed by atoms with Crippen LogP contribution in [0.3, 0.4) is 0 Å². The molecule has 0 aromatic carbocycles. The number of hydrogen-bond donors (Lipinski definition) is 0. The zero-order valence-corrected chi connectivity index (χ0v) is 6.44. The third-order valence-corrected chi connectivity index (χ3v) is 1.39. The van der Waals surface area contributed by atoms with Crippen molar-refractivity contribution in [3.8, 4) is 0 Å². The summed E-state index contributed by atoms with van der Waals surface area (Å²) in [6.07, 6.45) is 0.625. The molecule has 0 N–H and O–H groups in total. The van der Waals surface area contributed by atoms with Crippen LogP contribution < -0.4 is 0 Å². The highest BCUT2D eigenvalue weighted by atomic mass is 35.5. The van der Waals surface area contributed by atoms with Crippen molar-refractivity contribution in [3.05, 3.63) is 0 Å². The fraction of sp³-hybridized carbons (Fsp3) is 0.833. The Bertz CT molecular complexity index is 93.1. The second-order valence-electron chi connectivity index (χ2n) is 1.63. The first-order chi connectivity index (χ1) is 4.22. The predicted octanol–water partition coefficient (Wildman–Crippen LogP) is 1.57. The first-order valence-corrected chi connectivity index (χ1v) is 3.46. The maximum absolute atomic E-state index is 10.6. The van der Waals surface area contributed by atoms with Crippen molar-refractivity contribution >= 4 is 17.6 Å². The van der Waals surface area contributed by atoms with E-state index < -0.39 is 5.38 Å². The van der Waals surface area contributed by atoms with E-state index in [9.17, 15) is 4.79 Å². The molecule has 1 unspecified atom stereocenters. The first kappa shape index (κ1) is 8.76. The number of halogens is 1. The van der Waals surface area contributed by atoms with Crippen LogP contribution in [0.5, 0.6) is 0 Å². The molecular weight excluding hydrogens is 140 g/mol. The van der Waals surface area contributed by atoms with Gasteiger partial charge in [-0.1, -0.05) is 6.92 Å². The highest BCUT2D eigenvalue weighted by Gasteiger charge is 2.12. The molecule has 0 heterocycles. The van der Waals surface area contributed by atoms with E-state index >= 15 is 0 Å². The van der Waals surface area contributed by atoms with Gasteiger partial charge in [0.1, 0.15) is 5.38 Å². The molecule has 0 aliphatic heterocycles. The third-order valence-electron chi connectivity index (χ3n) is 0.901. The van der Waals surface area contributed by atoms with Crippen LogP contribution in [-0.4, -0.2) is 18.0 Å². The van der Waals surface area contributed by atoms with Crippen molar-refractivity contribution in [2.24, 2.45) is 0 Å². The zero-order valence-electron chi connectivity index (χ0n) is 5.69. The van der Waals surface area contributed by atoms with Gasteiger partial charge in [-0.3, -0.25) is 4.79 Å². The lowest BCUT2D eigenvalue weighted by molar-refractivity contribution is -0.142. The van der Waals surface area contributed by atoms with Gasteiger partial charge in [0, 0.05) is 0 Å². The van der Waals surface area contributed by atoms with Crippen molar-refractivity contribution in [1.29, 1.82) is 0 Å². The van der Waals surface area contributed by atoms with Crippen LogP contribution in [0.4, 0.5) is 0 Å². The summed E-state index contributed by atoms with van der Waals surface area (Å²) in [5.74, 6) is -0.318.